The minimum atomic E-state index is -3.30. The summed E-state index contributed by atoms with van der Waals surface area (Å²) >= 11 is 0. The van der Waals surface area contributed by atoms with Gasteiger partial charge in [0.2, 0.25) is 10.0 Å². The van der Waals surface area contributed by atoms with E-state index in [2.05, 4.69) is 15.5 Å². The van der Waals surface area contributed by atoms with Crippen molar-refractivity contribution in [1.82, 2.24) is 19.8 Å². The summed E-state index contributed by atoms with van der Waals surface area (Å²) < 4.78 is 37.5. The van der Waals surface area contributed by atoms with Crippen LogP contribution in [0.1, 0.15) is 10.4 Å². The zero-order valence-corrected chi connectivity index (χ0v) is 13.5. The molecule has 2 N–H and O–H groups in total. The normalized spacial score (nSPS) is 11.7. The molecular weight excluding hydrogens is 323 g/mol. The Bertz CT molecular complexity index is 804. The predicted molar refractivity (Wildman–Crippen MR) is 83.8 cm³/mol. The van der Waals surface area contributed by atoms with Crippen molar-refractivity contribution in [3.8, 4) is 11.3 Å². The number of nitrogens with zero attached hydrogens (tertiary/aromatic N) is 2. The van der Waals surface area contributed by atoms with Crippen LogP contribution in [0.5, 0.6) is 0 Å². The number of halogens is 1. The smallest absolute Gasteiger partial charge is 0.255 e. The molecule has 0 atom stereocenters. The molecular formula is C14H17FN4O3S. The van der Waals surface area contributed by atoms with E-state index in [1.165, 1.54) is 25.4 Å². The van der Waals surface area contributed by atoms with Crippen molar-refractivity contribution in [2.24, 2.45) is 0 Å². The molecule has 0 bridgehead atoms. The minimum absolute atomic E-state index is 0.129. The lowest BCUT2D eigenvalue weighted by Gasteiger charge is -2.14. The van der Waals surface area contributed by atoms with Crippen molar-refractivity contribution >= 4 is 15.9 Å². The molecule has 0 unspecified atom stereocenters. The van der Waals surface area contributed by atoms with Gasteiger partial charge in [-0.15, -0.1) is 0 Å². The standard InChI is InChI=1S/C14H17FN4O3S/c1-19(23(2,21)22)8-7-16-14(20)11-9-17-18-13(11)10-5-3-4-6-12(10)15/h3-6,9H,7-8H2,1-2H3,(H,16,20)(H,17,18). The minimum Gasteiger partial charge on any atom is -0.351 e. The Hall–Kier alpha value is -2.26. The number of likely N-dealkylation sites (N-methyl/N-ethyl adjacent to an activating group) is 1. The van der Waals surface area contributed by atoms with Crippen LogP contribution >= 0.6 is 0 Å². The molecule has 0 aliphatic heterocycles. The maximum atomic E-state index is 13.8. The highest BCUT2D eigenvalue weighted by atomic mass is 32.2. The molecule has 9 heteroatoms. The van der Waals surface area contributed by atoms with Crippen LogP contribution in [0.15, 0.2) is 30.5 Å². The maximum absolute atomic E-state index is 13.8. The van der Waals surface area contributed by atoms with Gasteiger partial charge < -0.3 is 5.32 Å². The van der Waals surface area contributed by atoms with Gasteiger partial charge in [0.05, 0.1) is 23.7 Å². The molecule has 1 heterocycles. The zero-order valence-electron chi connectivity index (χ0n) is 12.7. The molecule has 1 aromatic carbocycles. The van der Waals surface area contributed by atoms with Gasteiger partial charge in [0.25, 0.3) is 5.91 Å². The van der Waals surface area contributed by atoms with Crippen LogP contribution in [0.3, 0.4) is 0 Å². The number of nitrogens with one attached hydrogen (secondary N) is 2. The second kappa shape index (κ2) is 6.88. The topological polar surface area (TPSA) is 95.2 Å². The summed E-state index contributed by atoms with van der Waals surface area (Å²) in [5.41, 5.74) is 0.706. The van der Waals surface area contributed by atoms with Crippen LogP contribution in [0, 0.1) is 5.82 Å². The van der Waals surface area contributed by atoms with Crippen molar-refractivity contribution in [2.75, 3.05) is 26.4 Å². The number of rotatable bonds is 6. The number of hydrogen-bond donors (Lipinski definition) is 2. The third-order valence-corrected chi connectivity index (χ3v) is 4.62. The third kappa shape index (κ3) is 4.14. The number of carbonyl (C=O) groups is 1. The summed E-state index contributed by atoms with van der Waals surface area (Å²) in [4.78, 5) is 12.2. The fourth-order valence-corrected chi connectivity index (χ4v) is 2.34. The van der Waals surface area contributed by atoms with Crippen LogP contribution in [0.4, 0.5) is 4.39 Å². The number of sulfonamides is 1. The number of hydrogen-bond acceptors (Lipinski definition) is 4. The van der Waals surface area contributed by atoms with E-state index in [9.17, 15) is 17.6 Å². The first-order valence-electron chi connectivity index (χ1n) is 6.78. The van der Waals surface area contributed by atoms with E-state index in [-0.39, 0.29) is 29.9 Å². The number of aromatic amines is 1. The first-order chi connectivity index (χ1) is 10.8. The van der Waals surface area contributed by atoms with E-state index < -0.39 is 21.7 Å². The van der Waals surface area contributed by atoms with E-state index in [1.807, 2.05) is 0 Å². The molecule has 1 aromatic heterocycles. The van der Waals surface area contributed by atoms with Crippen molar-refractivity contribution < 1.29 is 17.6 Å². The Morgan fingerprint density at radius 1 is 1.39 bits per heavy atom. The van der Waals surface area contributed by atoms with E-state index in [1.54, 1.807) is 12.1 Å². The Labute approximate surface area is 133 Å². The van der Waals surface area contributed by atoms with Gasteiger partial charge in [-0.2, -0.15) is 5.10 Å². The number of amides is 1. The Morgan fingerprint density at radius 2 is 2.09 bits per heavy atom. The van der Waals surface area contributed by atoms with Crippen molar-refractivity contribution in [3.63, 3.8) is 0 Å². The highest BCUT2D eigenvalue weighted by Crippen LogP contribution is 2.23. The Kier molecular flexibility index (Phi) is 5.12. The molecule has 0 spiro atoms. The summed E-state index contributed by atoms with van der Waals surface area (Å²) in [6.45, 7) is 0.266. The summed E-state index contributed by atoms with van der Waals surface area (Å²) in [7, 11) is -1.88. The SMILES string of the molecule is CN(CCNC(=O)c1cn[nH]c1-c1ccccc1F)S(C)(=O)=O. The highest BCUT2D eigenvalue weighted by molar-refractivity contribution is 7.88. The zero-order chi connectivity index (χ0) is 17.0. The molecule has 0 radical (unpaired) electrons. The van der Waals surface area contributed by atoms with Crippen molar-refractivity contribution in [2.45, 2.75) is 0 Å². The monoisotopic (exact) mass is 340 g/mol. The Morgan fingerprint density at radius 3 is 2.74 bits per heavy atom. The average molecular weight is 340 g/mol. The molecule has 2 rings (SSSR count). The fourth-order valence-electron chi connectivity index (χ4n) is 1.92. The van der Waals surface area contributed by atoms with Gasteiger partial charge in [-0.3, -0.25) is 9.89 Å². The second-order valence-corrected chi connectivity index (χ2v) is 7.07. The third-order valence-electron chi connectivity index (χ3n) is 3.31. The molecule has 7 nitrogen and oxygen atoms in total. The molecule has 124 valence electrons. The maximum Gasteiger partial charge on any atom is 0.255 e. The first kappa shape index (κ1) is 17.1. The van der Waals surface area contributed by atoms with Gasteiger partial charge in [-0.25, -0.2) is 17.1 Å². The number of aromatic nitrogens is 2. The van der Waals surface area contributed by atoms with Gasteiger partial charge in [-0.1, -0.05) is 12.1 Å². The first-order valence-corrected chi connectivity index (χ1v) is 8.63. The summed E-state index contributed by atoms with van der Waals surface area (Å²) in [6.07, 6.45) is 2.39. The molecule has 0 aliphatic carbocycles. The lowest BCUT2D eigenvalue weighted by Crippen LogP contribution is -2.35. The quantitative estimate of drug-likeness (QED) is 0.814. The van der Waals surface area contributed by atoms with Crippen molar-refractivity contribution in [3.05, 3.63) is 41.8 Å². The predicted octanol–water partition coefficient (Wildman–Crippen LogP) is 0.837. The molecule has 0 aliphatic rings. The summed E-state index contributed by atoms with van der Waals surface area (Å²) in [6, 6.07) is 6.04. The molecule has 2 aromatic rings. The van der Waals surface area contributed by atoms with E-state index in [0.717, 1.165) is 10.6 Å². The second-order valence-electron chi connectivity index (χ2n) is 4.98. The largest absolute Gasteiger partial charge is 0.351 e. The average Bonchev–Trinajstić information content (AvgIpc) is 2.95. The number of H-pyrrole nitrogens is 1. The lowest BCUT2D eigenvalue weighted by atomic mass is 10.1. The van der Waals surface area contributed by atoms with Crippen LogP contribution < -0.4 is 5.32 Å². The number of carbonyl (C=O) groups excluding carboxylic acids is 1. The lowest BCUT2D eigenvalue weighted by molar-refractivity contribution is 0.0953. The molecule has 0 saturated carbocycles. The summed E-state index contributed by atoms with van der Waals surface area (Å²) in [5, 5.41) is 8.98. The van der Waals surface area contributed by atoms with Gasteiger partial charge in [-0.05, 0) is 12.1 Å². The van der Waals surface area contributed by atoms with E-state index in [0.29, 0.717) is 0 Å². The molecule has 1 amide bonds. The molecule has 0 saturated heterocycles. The fraction of sp³-hybridized carbons (Fsp3) is 0.286. The summed E-state index contributed by atoms with van der Waals surface area (Å²) in [5.74, 6) is -0.929. The van der Waals surface area contributed by atoms with Crippen LogP contribution in [0.25, 0.3) is 11.3 Å². The van der Waals surface area contributed by atoms with Crippen LogP contribution in [-0.2, 0) is 10.0 Å². The van der Waals surface area contributed by atoms with Gasteiger partial charge >= 0.3 is 0 Å². The Balaban J connectivity index is 2.08. The van der Waals surface area contributed by atoms with E-state index in [4.69, 9.17) is 0 Å². The van der Waals surface area contributed by atoms with Gasteiger partial charge in [0, 0.05) is 25.7 Å². The van der Waals surface area contributed by atoms with Gasteiger partial charge in [0.1, 0.15) is 5.82 Å². The van der Waals surface area contributed by atoms with E-state index >= 15 is 0 Å². The van der Waals surface area contributed by atoms with Crippen LogP contribution in [-0.4, -0.2) is 55.2 Å². The molecule has 23 heavy (non-hydrogen) atoms. The van der Waals surface area contributed by atoms with Gasteiger partial charge in [0.15, 0.2) is 0 Å². The van der Waals surface area contributed by atoms with Crippen LogP contribution in [0.2, 0.25) is 0 Å². The number of benzene rings is 1. The highest BCUT2D eigenvalue weighted by Gasteiger charge is 2.18. The molecule has 0 fully saturated rings. The van der Waals surface area contributed by atoms with Crippen molar-refractivity contribution in [1.29, 1.82) is 0 Å².